The molecule has 1 amide bonds. The molecule has 3 N–H and O–H groups in total. The van der Waals surface area contributed by atoms with Crippen LogP contribution in [-0.2, 0) is 9.59 Å². The number of amides is 1. The predicted molar refractivity (Wildman–Crippen MR) is 91.4 cm³/mol. The van der Waals surface area contributed by atoms with Crippen LogP contribution in [0.15, 0.2) is 17.2 Å². The smallest absolute Gasteiger partial charge is 0.244 e. The standard InChI is InChI=1S/C17H23N3O7/c1-9(22)20-15(18-12(8-21)17(23)24)7-11(19-20)10-5-13(25-2)16(27-4)14(6-10)26-3/h5-6,12,15,18,21H,7-8H2,1-4H3,(H,23,24)/t12-,15+/m0/s1. The Kier molecular flexibility index (Phi) is 6.59. The van der Waals surface area contributed by atoms with Gasteiger partial charge in [-0.2, -0.15) is 10.1 Å². The fourth-order valence-corrected chi connectivity index (χ4v) is 2.89. The van der Waals surface area contributed by atoms with Crippen LogP contribution >= 0.6 is 0 Å². The molecular formula is C17H23N3O7. The first-order chi connectivity index (χ1) is 12.9. The molecule has 0 aliphatic carbocycles. The summed E-state index contributed by atoms with van der Waals surface area (Å²) in [6.07, 6.45) is -0.353. The number of carboxylic acid groups (broad SMARTS) is 1. The van der Waals surface area contributed by atoms with Gasteiger partial charge in [-0.25, -0.2) is 0 Å². The van der Waals surface area contributed by atoms with E-state index in [0.717, 1.165) is 0 Å². The molecule has 2 rings (SSSR count). The molecule has 148 valence electrons. The van der Waals surface area contributed by atoms with Crippen LogP contribution in [0.3, 0.4) is 0 Å². The Hall–Kier alpha value is -2.85. The summed E-state index contributed by atoms with van der Waals surface area (Å²) in [5.74, 6) is -0.485. The molecule has 27 heavy (non-hydrogen) atoms. The van der Waals surface area contributed by atoms with Gasteiger partial charge in [0.25, 0.3) is 0 Å². The minimum absolute atomic E-state index is 0.266. The van der Waals surface area contributed by atoms with Crippen molar-refractivity contribution in [3.05, 3.63) is 17.7 Å². The van der Waals surface area contributed by atoms with Crippen LogP contribution in [0.25, 0.3) is 0 Å². The molecule has 10 nitrogen and oxygen atoms in total. The van der Waals surface area contributed by atoms with Gasteiger partial charge >= 0.3 is 0 Å². The molecular weight excluding hydrogens is 358 g/mol. The molecule has 0 bridgehead atoms. The second-order valence-electron chi connectivity index (χ2n) is 5.90. The number of rotatable bonds is 8. The second kappa shape index (κ2) is 8.69. The number of nitrogens with zero attached hydrogens (tertiary/aromatic N) is 2. The van der Waals surface area contributed by atoms with E-state index in [2.05, 4.69) is 5.10 Å². The number of aliphatic carboxylic acids is 1. The Bertz CT molecular complexity index is 725. The zero-order chi connectivity index (χ0) is 20.1. The van der Waals surface area contributed by atoms with Gasteiger partial charge < -0.3 is 34.5 Å². The Labute approximate surface area is 156 Å². The first kappa shape index (κ1) is 20.5. The number of hydrogen-bond acceptors (Lipinski definition) is 8. The SMILES string of the molecule is COc1cc(C2=NN(C(C)=O)[C@@H]([NH2+][C@@H](CO)C(=O)[O-])C2)cc(OC)c1OC. The molecule has 0 saturated heterocycles. The van der Waals surface area contributed by atoms with Crippen molar-refractivity contribution >= 4 is 17.6 Å². The Balaban J connectivity index is 2.37. The van der Waals surface area contributed by atoms with Gasteiger partial charge in [-0.1, -0.05) is 0 Å². The summed E-state index contributed by atoms with van der Waals surface area (Å²) in [4.78, 5) is 23.0. The van der Waals surface area contributed by atoms with Crippen LogP contribution in [0, 0.1) is 0 Å². The number of carboxylic acids is 1. The molecule has 1 aromatic rings. The number of carbonyl (C=O) groups excluding carboxylic acids is 2. The van der Waals surface area contributed by atoms with E-state index in [1.54, 1.807) is 12.1 Å². The third kappa shape index (κ3) is 4.29. The van der Waals surface area contributed by atoms with Crippen molar-refractivity contribution in [2.24, 2.45) is 5.10 Å². The first-order valence-electron chi connectivity index (χ1n) is 8.20. The maximum atomic E-state index is 11.9. The van der Waals surface area contributed by atoms with Crippen LogP contribution in [0.2, 0.25) is 0 Å². The maximum absolute atomic E-state index is 11.9. The number of carbonyl (C=O) groups is 2. The number of methoxy groups -OCH3 is 3. The van der Waals surface area contributed by atoms with Crippen LogP contribution in [0.1, 0.15) is 18.9 Å². The molecule has 0 spiro atoms. The third-order valence-electron chi connectivity index (χ3n) is 4.22. The normalized spacial score (nSPS) is 17.3. The van der Waals surface area contributed by atoms with Gasteiger partial charge in [-0.05, 0) is 12.1 Å². The van der Waals surface area contributed by atoms with Crippen molar-refractivity contribution in [3.63, 3.8) is 0 Å². The number of nitrogens with two attached hydrogens (primary N) is 1. The van der Waals surface area contributed by atoms with Gasteiger partial charge in [-0.15, -0.1) is 0 Å². The zero-order valence-electron chi connectivity index (χ0n) is 15.6. The lowest BCUT2D eigenvalue weighted by Crippen LogP contribution is -3.00. The van der Waals surface area contributed by atoms with E-state index < -0.39 is 24.8 Å². The third-order valence-corrected chi connectivity index (χ3v) is 4.22. The van der Waals surface area contributed by atoms with Crippen molar-refractivity contribution in [1.82, 2.24) is 5.01 Å². The average Bonchev–Trinajstić information content (AvgIpc) is 3.08. The Morgan fingerprint density at radius 1 is 1.30 bits per heavy atom. The minimum Gasteiger partial charge on any atom is -0.544 e. The quantitative estimate of drug-likeness (QED) is 0.515. The molecule has 2 atom stereocenters. The molecule has 1 heterocycles. The van der Waals surface area contributed by atoms with E-state index >= 15 is 0 Å². The number of aliphatic hydroxyl groups is 1. The lowest BCUT2D eigenvalue weighted by molar-refractivity contribution is -0.729. The molecule has 0 radical (unpaired) electrons. The van der Waals surface area contributed by atoms with E-state index in [0.29, 0.717) is 28.5 Å². The van der Waals surface area contributed by atoms with E-state index in [1.165, 1.54) is 38.6 Å². The van der Waals surface area contributed by atoms with Crippen LogP contribution in [0.4, 0.5) is 0 Å². The van der Waals surface area contributed by atoms with Crippen molar-refractivity contribution in [2.75, 3.05) is 27.9 Å². The van der Waals surface area contributed by atoms with Crippen molar-refractivity contribution < 1.29 is 39.3 Å². The van der Waals surface area contributed by atoms with Gasteiger partial charge in [0.15, 0.2) is 23.7 Å². The molecule has 1 aliphatic rings. The lowest BCUT2D eigenvalue weighted by atomic mass is 10.0. The Morgan fingerprint density at radius 2 is 1.89 bits per heavy atom. The van der Waals surface area contributed by atoms with E-state index in [1.807, 2.05) is 0 Å². The average molecular weight is 381 g/mol. The van der Waals surface area contributed by atoms with Gasteiger partial charge in [0.2, 0.25) is 11.7 Å². The topological polar surface area (TPSA) is 137 Å². The summed E-state index contributed by atoms with van der Waals surface area (Å²) in [6, 6.07) is 2.19. The minimum atomic E-state index is -1.41. The van der Waals surface area contributed by atoms with Crippen LogP contribution < -0.4 is 24.6 Å². The number of quaternary nitrogens is 1. The molecule has 0 fully saturated rings. The largest absolute Gasteiger partial charge is 0.544 e. The highest BCUT2D eigenvalue weighted by molar-refractivity contribution is 6.03. The van der Waals surface area contributed by atoms with Gasteiger partial charge in [0.1, 0.15) is 12.6 Å². The highest BCUT2D eigenvalue weighted by Crippen LogP contribution is 2.39. The fraction of sp³-hybridized carbons (Fsp3) is 0.471. The van der Waals surface area contributed by atoms with Crippen molar-refractivity contribution in [1.29, 1.82) is 0 Å². The van der Waals surface area contributed by atoms with Gasteiger partial charge in [0.05, 0.1) is 33.5 Å². The summed E-state index contributed by atoms with van der Waals surface area (Å²) in [5.41, 5.74) is 1.18. The summed E-state index contributed by atoms with van der Waals surface area (Å²) in [6.45, 7) is 0.708. The highest BCUT2D eigenvalue weighted by atomic mass is 16.5. The summed E-state index contributed by atoms with van der Waals surface area (Å²) >= 11 is 0. The molecule has 0 unspecified atom stereocenters. The summed E-state index contributed by atoms with van der Waals surface area (Å²) in [7, 11) is 4.47. The highest BCUT2D eigenvalue weighted by Gasteiger charge is 2.35. The predicted octanol–water partition coefficient (Wildman–Crippen LogP) is -2.33. The Morgan fingerprint density at radius 3 is 2.30 bits per heavy atom. The molecule has 1 aromatic carbocycles. The van der Waals surface area contributed by atoms with E-state index in [4.69, 9.17) is 14.2 Å². The van der Waals surface area contributed by atoms with E-state index in [-0.39, 0.29) is 12.3 Å². The summed E-state index contributed by atoms with van der Waals surface area (Å²) in [5, 5.41) is 27.2. The van der Waals surface area contributed by atoms with Gasteiger partial charge in [-0.3, -0.25) is 4.79 Å². The van der Waals surface area contributed by atoms with Crippen LogP contribution in [0.5, 0.6) is 17.2 Å². The first-order valence-corrected chi connectivity index (χ1v) is 8.20. The number of hydrazone groups is 1. The summed E-state index contributed by atoms with van der Waals surface area (Å²) < 4.78 is 15.9. The lowest BCUT2D eigenvalue weighted by Gasteiger charge is -2.23. The number of hydrogen-bond donors (Lipinski definition) is 2. The molecule has 0 aromatic heterocycles. The number of aliphatic hydroxyl groups excluding tert-OH is 1. The van der Waals surface area contributed by atoms with Crippen molar-refractivity contribution in [2.45, 2.75) is 25.6 Å². The van der Waals surface area contributed by atoms with Gasteiger partial charge in [0, 0.05) is 12.5 Å². The van der Waals surface area contributed by atoms with Crippen molar-refractivity contribution in [3.8, 4) is 17.2 Å². The molecule has 0 saturated carbocycles. The zero-order valence-corrected chi connectivity index (χ0v) is 15.6. The van der Waals surface area contributed by atoms with E-state index in [9.17, 15) is 19.8 Å². The molecule has 1 aliphatic heterocycles. The monoisotopic (exact) mass is 381 g/mol. The number of benzene rings is 1. The van der Waals surface area contributed by atoms with Crippen LogP contribution in [-0.4, -0.2) is 67.8 Å². The second-order valence-corrected chi connectivity index (χ2v) is 5.90. The maximum Gasteiger partial charge on any atom is 0.244 e. The number of ether oxygens (including phenoxy) is 3. The fourth-order valence-electron chi connectivity index (χ4n) is 2.89. The molecule has 10 heteroatoms.